The van der Waals surface area contributed by atoms with Crippen LogP contribution in [0.4, 0.5) is 17.1 Å². The van der Waals surface area contributed by atoms with Crippen molar-refractivity contribution in [3.63, 3.8) is 0 Å². The fourth-order valence-corrected chi connectivity index (χ4v) is 9.72. The van der Waals surface area contributed by atoms with E-state index in [1.807, 2.05) is 84.9 Å². The average molecular weight is 784 g/mol. The SMILES string of the molecule is [2H]c1c([2H])c([2H])c2c([2H])c(C3(c4cccc5c4c4ccccc4n5-c4ccccc4)c4ccccc4-c4cc(N(c5ccccc5)c5ccc(-c6ccccc6)cc5)ccc43)c([2H])c([2H])c2c1[2H]. The second kappa shape index (κ2) is 14.1. The molecule has 0 saturated carbocycles. The van der Waals surface area contributed by atoms with Crippen molar-refractivity contribution in [3.8, 4) is 27.9 Å². The summed E-state index contributed by atoms with van der Waals surface area (Å²) in [6, 6.07) is 65.5. The van der Waals surface area contributed by atoms with E-state index in [0.29, 0.717) is 0 Å². The third-order valence-electron chi connectivity index (χ3n) is 12.3. The summed E-state index contributed by atoms with van der Waals surface area (Å²) in [6.45, 7) is 0. The highest BCUT2D eigenvalue weighted by Crippen LogP contribution is 2.59. The molecule has 2 heteroatoms. The molecule has 0 bridgehead atoms. The van der Waals surface area contributed by atoms with Crippen LogP contribution < -0.4 is 4.90 Å². The Balaban J connectivity index is 1.21. The number of fused-ring (bicyclic) bond motifs is 7. The van der Waals surface area contributed by atoms with Gasteiger partial charge in [0.25, 0.3) is 0 Å². The Morgan fingerprint density at radius 2 is 1.03 bits per heavy atom. The minimum atomic E-state index is -1.43. The molecule has 11 aromatic rings. The molecule has 0 spiro atoms. The molecule has 286 valence electrons. The van der Waals surface area contributed by atoms with Gasteiger partial charge in [0.15, 0.2) is 0 Å². The second-order valence-corrected chi connectivity index (χ2v) is 15.5. The fourth-order valence-electron chi connectivity index (χ4n) is 9.72. The van der Waals surface area contributed by atoms with Gasteiger partial charge in [-0.1, -0.05) is 176 Å². The number of aromatic nitrogens is 1. The third-order valence-corrected chi connectivity index (χ3v) is 12.3. The zero-order valence-electron chi connectivity index (χ0n) is 39.9. The maximum atomic E-state index is 10.3. The quantitative estimate of drug-likeness (QED) is 0.156. The molecule has 2 nitrogen and oxygen atoms in total. The van der Waals surface area contributed by atoms with Crippen molar-refractivity contribution in [3.05, 3.63) is 265 Å². The Kier molecular flexibility index (Phi) is 6.59. The Hall–Kier alpha value is -7.94. The monoisotopic (exact) mass is 783 g/mol. The highest BCUT2D eigenvalue weighted by atomic mass is 15.1. The van der Waals surface area contributed by atoms with E-state index in [9.17, 15) is 5.48 Å². The summed E-state index contributed by atoms with van der Waals surface area (Å²) >= 11 is 0. The molecule has 1 aliphatic rings. The van der Waals surface area contributed by atoms with Crippen LogP contribution in [0.1, 0.15) is 31.8 Å². The lowest BCUT2D eigenvalue weighted by Gasteiger charge is -2.35. The highest BCUT2D eigenvalue weighted by Gasteiger charge is 2.47. The van der Waals surface area contributed by atoms with Gasteiger partial charge in [0, 0.05) is 33.5 Å². The van der Waals surface area contributed by atoms with Crippen molar-refractivity contribution in [2.75, 3.05) is 4.90 Å². The first-order valence-corrected chi connectivity index (χ1v) is 20.5. The van der Waals surface area contributed by atoms with Gasteiger partial charge in [0.2, 0.25) is 0 Å². The third kappa shape index (κ3) is 5.43. The summed E-state index contributed by atoms with van der Waals surface area (Å²) in [6.07, 6.45) is 0. The zero-order chi connectivity index (χ0) is 46.4. The number of hydrogen-bond acceptors (Lipinski definition) is 1. The fraction of sp³-hybridized carbons (Fsp3) is 0.0169. The molecule has 1 unspecified atom stereocenters. The van der Waals surface area contributed by atoms with E-state index in [1.165, 1.54) is 0 Å². The number of hydrogen-bond donors (Lipinski definition) is 0. The molecule has 0 amide bonds. The molecule has 0 radical (unpaired) electrons. The van der Waals surface area contributed by atoms with Crippen molar-refractivity contribution in [1.29, 1.82) is 0 Å². The second-order valence-electron chi connectivity index (χ2n) is 15.5. The van der Waals surface area contributed by atoms with Gasteiger partial charge in [0.1, 0.15) is 0 Å². The molecule has 1 atom stereocenters. The van der Waals surface area contributed by atoms with Crippen LogP contribution in [-0.4, -0.2) is 4.57 Å². The Morgan fingerprint density at radius 1 is 0.426 bits per heavy atom. The van der Waals surface area contributed by atoms with Gasteiger partial charge < -0.3 is 9.47 Å². The van der Waals surface area contributed by atoms with Gasteiger partial charge in [0.05, 0.1) is 26.0 Å². The summed E-state index contributed by atoms with van der Waals surface area (Å²) in [7, 11) is 0. The Bertz CT molecular complexity index is 3820. The van der Waals surface area contributed by atoms with Crippen molar-refractivity contribution in [2.45, 2.75) is 5.41 Å². The Labute approximate surface area is 365 Å². The summed E-state index contributed by atoms with van der Waals surface area (Å²) in [5, 5.41) is 1.65. The molecule has 61 heavy (non-hydrogen) atoms. The van der Waals surface area contributed by atoms with Crippen molar-refractivity contribution in [2.24, 2.45) is 0 Å². The molecule has 0 aliphatic heterocycles. The maximum Gasteiger partial charge on any atom is 0.0720 e. The smallest absolute Gasteiger partial charge is 0.0720 e. The lowest BCUT2D eigenvalue weighted by atomic mass is 9.66. The molecule has 0 N–H and O–H groups in total. The van der Waals surface area contributed by atoms with Gasteiger partial charge in [-0.2, -0.15) is 0 Å². The van der Waals surface area contributed by atoms with Crippen molar-refractivity contribution >= 4 is 49.6 Å². The minimum Gasteiger partial charge on any atom is -0.310 e. The van der Waals surface area contributed by atoms with Gasteiger partial charge in [-0.25, -0.2) is 0 Å². The topological polar surface area (TPSA) is 8.17 Å². The van der Waals surface area contributed by atoms with E-state index in [0.717, 1.165) is 83.5 Å². The molecule has 0 fully saturated rings. The zero-order valence-corrected chi connectivity index (χ0v) is 32.9. The number of para-hydroxylation sites is 3. The van der Waals surface area contributed by atoms with Crippen LogP contribution in [0.15, 0.2) is 242 Å². The van der Waals surface area contributed by atoms with E-state index in [4.69, 9.17) is 4.11 Å². The normalized spacial score (nSPS) is 15.9. The number of anilines is 3. The average Bonchev–Trinajstić information content (AvgIpc) is 3.88. The van der Waals surface area contributed by atoms with E-state index in [2.05, 4.69) is 125 Å². The molecular weight excluding hydrogens is 737 g/mol. The predicted octanol–water partition coefficient (Wildman–Crippen LogP) is 15.4. The van der Waals surface area contributed by atoms with Crippen molar-refractivity contribution < 1.29 is 9.60 Å². The van der Waals surface area contributed by atoms with Crippen LogP contribution in [-0.2, 0) is 5.41 Å². The molecule has 10 aromatic carbocycles. The molecule has 1 aliphatic carbocycles. The van der Waals surface area contributed by atoms with Crippen LogP contribution in [0.3, 0.4) is 0 Å². The van der Waals surface area contributed by atoms with Gasteiger partial charge in [-0.05, 0) is 122 Å². The first-order valence-electron chi connectivity index (χ1n) is 24.0. The molecular formula is C59H40N2. The van der Waals surface area contributed by atoms with Crippen LogP contribution >= 0.6 is 0 Å². The maximum absolute atomic E-state index is 10.3. The summed E-state index contributed by atoms with van der Waals surface area (Å²) in [4.78, 5) is 2.23. The summed E-state index contributed by atoms with van der Waals surface area (Å²) in [5.41, 5.74) is 10.8. The van der Waals surface area contributed by atoms with Gasteiger partial charge >= 0.3 is 0 Å². The first kappa shape index (κ1) is 28.5. The highest BCUT2D eigenvalue weighted by molar-refractivity contribution is 6.12. The van der Waals surface area contributed by atoms with Crippen LogP contribution in [0.2, 0.25) is 0 Å². The minimum absolute atomic E-state index is 0.0815. The van der Waals surface area contributed by atoms with Crippen LogP contribution in [0.5, 0.6) is 0 Å². The molecule has 12 rings (SSSR count). The number of rotatable bonds is 7. The standard InChI is InChI=1S/C59H40N2/c1-4-17-41(18-5-1)43-32-35-48(36-33-43)60(46-21-6-2-7-22-46)49-37-38-54-52(40-49)50-25-12-14-27-53(50)59(54,45-34-31-42-19-10-11-20-44(42)39-45)55-28-16-30-57-58(55)51-26-13-15-29-56(51)61(57)47-23-8-3-9-24-47/h1-40H/i10D,11D,19D,20D,31D,34D,39D. The molecule has 0 saturated heterocycles. The molecule has 1 aromatic heterocycles. The first-order chi connectivity index (χ1) is 33.2. The lowest BCUT2D eigenvalue weighted by Crippen LogP contribution is -2.29. The molecule has 1 heterocycles. The van der Waals surface area contributed by atoms with Gasteiger partial charge in [-0.15, -0.1) is 0 Å². The predicted molar refractivity (Wildman–Crippen MR) is 256 cm³/mol. The van der Waals surface area contributed by atoms with Gasteiger partial charge in [-0.3, -0.25) is 0 Å². The summed E-state index contributed by atoms with van der Waals surface area (Å²) < 4.78 is 67.7. The number of nitrogens with zero attached hydrogens (tertiary/aromatic N) is 2. The van der Waals surface area contributed by atoms with E-state index in [1.54, 1.807) is 0 Å². The van der Waals surface area contributed by atoms with Crippen molar-refractivity contribution in [1.82, 2.24) is 4.57 Å². The largest absolute Gasteiger partial charge is 0.310 e. The lowest BCUT2D eigenvalue weighted by molar-refractivity contribution is 0.778. The van der Waals surface area contributed by atoms with E-state index in [-0.39, 0.29) is 34.5 Å². The Morgan fingerprint density at radius 3 is 1.85 bits per heavy atom. The summed E-state index contributed by atoms with van der Waals surface area (Å²) in [5.74, 6) is 0. The van der Waals surface area contributed by atoms with Crippen LogP contribution in [0, 0.1) is 0 Å². The number of benzene rings is 10. The van der Waals surface area contributed by atoms with E-state index < -0.39 is 29.6 Å². The van der Waals surface area contributed by atoms with E-state index >= 15 is 0 Å². The van der Waals surface area contributed by atoms with Crippen LogP contribution in [0.25, 0.3) is 60.5 Å².